The summed E-state index contributed by atoms with van der Waals surface area (Å²) in [6.45, 7) is -0.589. The fraction of sp³-hybridized carbons (Fsp3) is 0.0417. The van der Waals surface area contributed by atoms with Crippen molar-refractivity contribution in [2.75, 3.05) is 11.9 Å². The van der Waals surface area contributed by atoms with Crippen LogP contribution < -0.4 is 5.32 Å². The summed E-state index contributed by atoms with van der Waals surface area (Å²) in [5, 5.41) is 13.6. The van der Waals surface area contributed by atoms with Gasteiger partial charge in [-0.05, 0) is 24.3 Å². The Bertz CT molecular complexity index is 1190. The van der Waals surface area contributed by atoms with Crippen molar-refractivity contribution in [3.05, 3.63) is 112 Å². The highest BCUT2D eigenvalue weighted by molar-refractivity contribution is 6.13. The maximum absolute atomic E-state index is 12.7. The van der Waals surface area contributed by atoms with Gasteiger partial charge in [-0.15, -0.1) is 0 Å². The number of carbonyl (C=O) groups excluding carboxylic acids is 3. The molecule has 0 radical (unpaired) electrons. The molecule has 0 aliphatic carbocycles. The van der Waals surface area contributed by atoms with Crippen molar-refractivity contribution in [2.45, 2.75) is 0 Å². The highest BCUT2D eigenvalue weighted by atomic mass is 16.6. The van der Waals surface area contributed by atoms with Crippen molar-refractivity contribution in [2.24, 2.45) is 0 Å². The highest BCUT2D eigenvalue weighted by Gasteiger charge is 2.15. The van der Waals surface area contributed by atoms with E-state index in [9.17, 15) is 24.5 Å². The van der Waals surface area contributed by atoms with Gasteiger partial charge in [0.15, 0.2) is 12.4 Å². The number of para-hydroxylation sites is 2. The summed E-state index contributed by atoms with van der Waals surface area (Å²) in [4.78, 5) is 47.3. The number of hydrogen-bond donors (Lipinski definition) is 1. The Labute approximate surface area is 183 Å². The average molecular weight is 430 g/mol. The van der Waals surface area contributed by atoms with Gasteiger partial charge in [-0.25, -0.2) is 4.79 Å². The standard InChI is InChI=1S/C24H18N2O6/c27-22(16-32-23(28)15-14-17-8-4-7-13-21(17)26(30)31)25-20-12-6-5-11-19(20)24(29)18-9-2-1-3-10-18/h1-15H,16H2,(H,25,27)/b15-14+. The molecule has 3 aromatic rings. The molecular formula is C24H18N2O6. The van der Waals surface area contributed by atoms with Crippen LogP contribution in [0.1, 0.15) is 21.5 Å². The zero-order valence-corrected chi connectivity index (χ0v) is 16.8. The second-order valence-corrected chi connectivity index (χ2v) is 6.55. The number of anilines is 1. The Morgan fingerprint density at radius 2 is 1.56 bits per heavy atom. The van der Waals surface area contributed by atoms with Crippen molar-refractivity contribution in [3.8, 4) is 0 Å². The molecule has 0 bridgehead atoms. The normalized spacial score (nSPS) is 10.5. The Kier molecular flexibility index (Phi) is 7.21. The van der Waals surface area contributed by atoms with Crippen molar-refractivity contribution in [3.63, 3.8) is 0 Å². The summed E-state index contributed by atoms with van der Waals surface area (Å²) in [5.41, 5.74) is 1.13. The Balaban J connectivity index is 1.61. The van der Waals surface area contributed by atoms with Crippen LogP contribution in [0.2, 0.25) is 0 Å². The minimum Gasteiger partial charge on any atom is -0.452 e. The number of ketones is 1. The van der Waals surface area contributed by atoms with Gasteiger partial charge in [-0.2, -0.15) is 0 Å². The third-order valence-corrected chi connectivity index (χ3v) is 4.36. The molecular weight excluding hydrogens is 412 g/mol. The molecule has 0 aromatic heterocycles. The summed E-state index contributed by atoms with van der Waals surface area (Å²) < 4.78 is 4.89. The van der Waals surface area contributed by atoms with E-state index in [4.69, 9.17) is 4.74 Å². The summed E-state index contributed by atoms with van der Waals surface area (Å²) in [6.07, 6.45) is 2.24. The summed E-state index contributed by atoms with van der Waals surface area (Å²) >= 11 is 0. The molecule has 0 saturated heterocycles. The number of carbonyl (C=O) groups is 3. The van der Waals surface area contributed by atoms with Crippen LogP contribution >= 0.6 is 0 Å². The number of nitrogens with zero attached hydrogens (tertiary/aromatic N) is 1. The Hall–Kier alpha value is -4.59. The maximum Gasteiger partial charge on any atom is 0.331 e. The first-order valence-electron chi connectivity index (χ1n) is 9.52. The van der Waals surface area contributed by atoms with E-state index in [0.29, 0.717) is 11.1 Å². The van der Waals surface area contributed by atoms with Crippen LogP contribution in [0.4, 0.5) is 11.4 Å². The van der Waals surface area contributed by atoms with E-state index in [-0.39, 0.29) is 22.7 Å². The van der Waals surface area contributed by atoms with Crippen molar-refractivity contribution in [1.82, 2.24) is 0 Å². The molecule has 160 valence electrons. The molecule has 0 aliphatic rings. The predicted octanol–water partition coefficient (Wildman–Crippen LogP) is 4.02. The number of nitrogens with one attached hydrogen (secondary N) is 1. The van der Waals surface area contributed by atoms with Crippen molar-refractivity contribution in [1.29, 1.82) is 0 Å². The van der Waals surface area contributed by atoms with E-state index < -0.39 is 23.4 Å². The molecule has 32 heavy (non-hydrogen) atoms. The molecule has 0 spiro atoms. The van der Waals surface area contributed by atoms with Gasteiger partial charge in [0, 0.05) is 23.3 Å². The van der Waals surface area contributed by atoms with Crippen LogP contribution in [0.5, 0.6) is 0 Å². The monoisotopic (exact) mass is 430 g/mol. The fourth-order valence-electron chi connectivity index (χ4n) is 2.86. The average Bonchev–Trinajstić information content (AvgIpc) is 2.82. The number of rotatable bonds is 8. The van der Waals surface area contributed by atoms with Gasteiger partial charge in [-0.3, -0.25) is 19.7 Å². The SMILES string of the molecule is O=C(COC(=O)/C=C/c1ccccc1[N+](=O)[O-])Nc1ccccc1C(=O)c1ccccc1. The van der Waals surface area contributed by atoms with Crippen molar-refractivity contribution >= 4 is 35.1 Å². The quantitative estimate of drug-likeness (QED) is 0.190. The molecule has 3 rings (SSSR count). The number of nitro benzene ring substituents is 1. The van der Waals surface area contributed by atoms with Crippen LogP contribution in [0, 0.1) is 10.1 Å². The van der Waals surface area contributed by atoms with Gasteiger partial charge < -0.3 is 10.1 Å². The van der Waals surface area contributed by atoms with Crippen LogP contribution in [-0.4, -0.2) is 29.2 Å². The van der Waals surface area contributed by atoms with Crippen LogP contribution in [0.3, 0.4) is 0 Å². The van der Waals surface area contributed by atoms with E-state index in [1.54, 1.807) is 60.7 Å². The van der Waals surface area contributed by atoms with Gasteiger partial charge >= 0.3 is 5.97 Å². The molecule has 8 heteroatoms. The van der Waals surface area contributed by atoms with E-state index in [1.807, 2.05) is 0 Å². The lowest BCUT2D eigenvalue weighted by Gasteiger charge is -2.10. The summed E-state index contributed by atoms with van der Waals surface area (Å²) in [5.74, 6) is -1.73. The van der Waals surface area contributed by atoms with Gasteiger partial charge in [-0.1, -0.05) is 54.6 Å². The van der Waals surface area contributed by atoms with Crippen molar-refractivity contribution < 1.29 is 24.0 Å². The van der Waals surface area contributed by atoms with Crippen LogP contribution in [0.25, 0.3) is 6.08 Å². The first-order chi connectivity index (χ1) is 15.5. The highest BCUT2D eigenvalue weighted by Crippen LogP contribution is 2.20. The van der Waals surface area contributed by atoms with Crippen LogP contribution in [-0.2, 0) is 14.3 Å². The molecule has 1 N–H and O–H groups in total. The number of nitro groups is 1. The maximum atomic E-state index is 12.7. The van der Waals surface area contributed by atoms with E-state index in [0.717, 1.165) is 6.08 Å². The summed E-state index contributed by atoms with van der Waals surface area (Å²) in [6, 6.07) is 21.0. The smallest absolute Gasteiger partial charge is 0.331 e. The zero-order valence-electron chi connectivity index (χ0n) is 16.8. The minimum atomic E-state index is -0.841. The lowest BCUT2D eigenvalue weighted by Crippen LogP contribution is -2.21. The molecule has 0 unspecified atom stereocenters. The molecule has 0 saturated carbocycles. The largest absolute Gasteiger partial charge is 0.452 e. The van der Waals surface area contributed by atoms with E-state index in [1.165, 1.54) is 24.3 Å². The Morgan fingerprint density at radius 1 is 0.906 bits per heavy atom. The first kappa shape index (κ1) is 22.1. The fourth-order valence-corrected chi connectivity index (χ4v) is 2.86. The first-order valence-corrected chi connectivity index (χ1v) is 9.52. The third kappa shape index (κ3) is 5.73. The topological polar surface area (TPSA) is 116 Å². The van der Waals surface area contributed by atoms with Gasteiger partial charge in [0.25, 0.3) is 11.6 Å². The minimum absolute atomic E-state index is 0.158. The number of amides is 1. The molecule has 8 nitrogen and oxygen atoms in total. The third-order valence-electron chi connectivity index (χ3n) is 4.36. The molecule has 0 fully saturated rings. The molecule has 0 aliphatic heterocycles. The van der Waals surface area contributed by atoms with E-state index >= 15 is 0 Å². The zero-order chi connectivity index (χ0) is 22.9. The number of esters is 1. The number of benzene rings is 3. The molecule has 1 amide bonds. The Morgan fingerprint density at radius 3 is 2.31 bits per heavy atom. The predicted molar refractivity (Wildman–Crippen MR) is 118 cm³/mol. The van der Waals surface area contributed by atoms with E-state index in [2.05, 4.69) is 5.32 Å². The van der Waals surface area contributed by atoms with Gasteiger partial charge in [0.2, 0.25) is 0 Å². The second kappa shape index (κ2) is 10.4. The summed E-state index contributed by atoms with van der Waals surface area (Å²) in [7, 11) is 0. The van der Waals surface area contributed by atoms with Gasteiger partial charge in [0.05, 0.1) is 16.2 Å². The molecule has 0 heterocycles. The van der Waals surface area contributed by atoms with Gasteiger partial charge in [0.1, 0.15) is 0 Å². The number of hydrogen-bond acceptors (Lipinski definition) is 6. The second-order valence-electron chi connectivity index (χ2n) is 6.55. The molecule has 3 aromatic carbocycles. The number of ether oxygens (including phenoxy) is 1. The molecule has 0 atom stereocenters. The lowest BCUT2D eigenvalue weighted by atomic mass is 10.0. The lowest BCUT2D eigenvalue weighted by molar-refractivity contribution is -0.385. The van der Waals surface area contributed by atoms with Crippen LogP contribution in [0.15, 0.2) is 84.9 Å².